The molecular weight excluding hydrogens is 265 g/mol. The van der Waals surface area contributed by atoms with Crippen LogP contribution in [0.4, 0.5) is 4.39 Å². The number of benzene rings is 1. The Bertz CT molecular complexity index is 512. The molecule has 0 unspecified atom stereocenters. The summed E-state index contributed by atoms with van der Waals surface area (Å²) in [6.45, 7) is 1.67. The first-order valence-corrected chi connectivity index (χ1v) is 7.75. The number of aliphatic hydroxyl groups is 1. The molecule has 3 heteroatoms. The monoisotopic (exact) mass is 289 g/mol. The van der Waals surface area contributed by atoms with Gasteiger partial charge in [0.05, 0.1) is 5.56 Å². The molecule has 0 amide bonds. The molecule has 0 spiro atoms. The van der Waals surface area contributed by atoms with Crippen molar-refractivity contribution in [3.8, 4) is 11.8 Å². The van der Waals surface area contributed by atoms with Crippen molar-refractivity contribution in [2.75, 3.05) is 20.2 Å². The Balaban J connectivity index is 1.95. The van der Waals surface area contributed by atoms with Crippen LogP contribution in [0.5, 0.6) is 0 Å². The van der Waals surface area contributed by atoms with E-state index in [1.807, 2.05) is 6.07 Å². The fraction of sp³-hybridized carbons (Fsp3) is 0.556. The molecule has 2 nitrogen and oxygen atoms in total. The van der Waals surface area contributed by atoms with Crippen molar-refractivity contribution in [3.05, 3.63) is 35.1 Å². The third kappa shape index (κ3) is 5.15. The molecule has 1 aromatic rings. The van der Waals surface area contributed by atoms with Crippen LogP contribution in [0.3, 0.4) is 0 Å². The minimum Gasteiger partial charge on any atom is -0.384 e. The van der Waals surface area contributed by atoms with Crippen molar-refractivity contribution in [2.45, 2.75) is 38.6 Å². The Morgan fingerprint density at radius 1 is 1.29 bits per heavy atom. The average molecular weight is 289 g/mol. The Kier molecular flexibility index (Phi) is 6.22. The van der Waals surface area contributed by atoms with Gasteiger partial charge in [0.2, 0.25) is 0 Å². The fourth-order valence-corrected chi connectivity index (χ4v) is 3.09. The second-order valence-corrected chi connectivity index (χ2v) is 5.97. The van der Waals surface area contributed by atoms with E-state index in [1.54, 1.807) is 6.07 Å². The number of rotatable bonds is 4. The molecule has 1 N–H and O–H groups in total. The molecule has 1 aliphatic rings. The van der Waals surface area contributed by atoms with E-state index in [4.69, 9.17) is 5.11 Å². The van der Waals surface area contributed by atoms with Crippen molar-refractivity contribution in [1.29, 1.82) is 0 Å². The SMILES string of the molecule is CN(Cc1ccc(F)c(C#CCO)c1)CC1CCCCC1. The molecule has 1 aliphatic carbocycles. The van der Waals surface area contributed by atoms with Crippen LogP contribution in [-0.4, -0.2) is 30.2 Å². The summed E-state index contributed by atoms with van der Waals surface area (Å²) in [6.07, 6.45) is 6.76. The molecule has 0 atom stereocenters. The van der Waals surface area contributed by atoms with Crippen molar-refractivity contribution in [1.82, 2.24) is 4.90 Å². The van der Waals surface area contributed by atoms with E-state index in [2.05, 4.69) is 23.8 Å². The van der Waals surface area contributed by atoms with Crippen molar-refractivity contribution in [2.24, 2.45) is 5.92 Å². The molecule has 0 saturated heterocycles. The van der Waals surface area contributed by atoms with E-state index in [0.717, 1.165) is 24.6 Å². The van der Waals surface area contributed by atoms with Crippen LogP contribution in [0.2, 0.25) is 0 Å². The van der Waals surface area contributed by atoms with Crippen LogP contribution in [-0.2, 0) is 6.54 Å². The maximum absolute atomic E-state index is 13.6. The van der Waals surface area contributed by atoms with Crippen LogP contribution in [0.1, 0.15) is 43.2 Å². The summed E-state index contributed by atoms with van der Waals surface area (Å²) in [5.74, 6) is 5.65. The summed E-state index contributed by atoms with van der Waals surface area (Å²) < 4.78 is 13.6. The Morgan fingerprint density at radius 3 is 2.76 bits per heavy atom. The number of nitrogens with zero attached hydrogens (tertiary/aromatic N) is 1. The second kappa shape index (κ2) is 8.17. The van der Waals surface area contributed by atoms with Gasteiger partial charge in [0, 0.05) is 13.1 Å². The van der Waals surface area contributed by atoms with Crippen LogP contribution in [0, 0.1) is 23.6 Å². The number of hydrogen-bond acceptors (Lipinski definition) is 2. The molecule has 1 aromatic carbocycles. The van der Waals surface area contributed by atoms with Crippen molar-refractivity contribution < 1.29 is 9.50 Å². The van der Waals surface area contributed by atoms with Gasteiger partial charge in [0.1, 0.15) is 12.4 Å². The molecule has 1 fully saturated rings. The molecule has 1 saturated carbocycles. The van der Waals surface area contributed by atoms with Gasteiger partial charge in [-0.3, -0.25) is 0 Å². The zero-order chi connectivity index (χ0) is 15.1. The molecular formula is C18H24FNO. The van der Waals surface area contributed by atoms with E-state index in [-0.39, 0.29) is 12.4 Å². The van der Waals surface area contributed by atoms with Crippen LogP contribution in [0.25, 0.3) is 0 Å². The molecule has 2 rings (SSSR count). The highest BCUT2D eigenvalue weighted by molar-refractivity contribution is 5.38. The lowest BCUT2D eigenvalue weighted by molar-refractivity contribution is 0.228. The molecule has 0 aliphatic heterocycles. The van der Waals surface area contributed by atoms with Gasteiger partial charge in [-0.25, -0.2) is 4.39 Å². The van der Waals surface area contributed by atoms with E-state index >= 15 is 0 Å². The predicted molar refractivity (Wildman–Crippen MR) is 83.3 cm³/mol. The van der Waals surface area contributed by atoms with Gasteiger partial charge in [-0.05, 0) is 43.5 Å². The highest BCUT2D eigenvalue weighted by Crippen LogP contribution is 2.24. The minimum atomic E-state index is -0.324. The second-order valence-electron chi connectivity index (χ2n) is 5.97. The van der Waals surface area contributed by atoms with Crippen LogP contribution < -0.4 is 0 Å². The highest BCUT2D eigenvalue weighted by Gasteiger charge is 2.15. The van der Waals surface area contributed by atoms with Gasteiger partial charge < -0.3 is 10.0 Å². The first-order valence-electron chi connectivity index (χ1n) is 7.75. The van der Waals surface area contributed by atoms with Gasteiger partial charge in [-0.15, -0.1) is 0 Å². The summed E-state index contributed by atoms with van der Waals surface area (Å²) in [4.78, 5) is 2.31. The summed E-state index contributed by atoms with van der Waals surface area (Å²) in [5.41, 5.74) is 1.43. The lowest BCUT2D eigenvalue weighted by Crippen LogP contribution is -2.26. The maximum Gasteiger partial charge on any atom is 0.138 e. The number of hydrogen-bond donors (Lipinski definition) is 1. The molecule has 21 heavy (non-hydrogen) atoms. The largest absolute Gasteiger partial charge is 0.384 e. The topological polar surface area (TPSA) is 23.5 Å². The lowest BCUT2D eigenvalue weighted by Gasteiger charge is -2.27. The first-order chi connectivity index (χ1) is 10.2. The van der Waals surface area contributed by atoms with Crippen molar-refractivity contribution in [3.63, 3.8) is 0 Å². The van der Waals surface area contributed by atoms with E-state index in [1.165, 1.54) is 38.2 Å². The molecule has 114 valence electrons. The predicted octanol–water partition coefficient (Wildman–Crippen LogP) is 3.18. The summed E-state index contributed by atoms with van der Waals surface area (Å²) in [5, 5.41) is 8.71. The maximum atomic E-state index is 13.6. The number of aliphatic hydroxyl groups excluding tert-OH is 1. The third-order valence-electron chi connectivity index (χ3n) is 4.08. The highest BCUT2D eigenvalue weighted by atomic mass is 19.1. The Labute approximate surface area is 127 Å². The minimum absolute atomic E-state index is 0.245. The fourth-order valence-electron chi connectivity index (χ4n) is 3.09. The Morgan fingerprint density at radius 2 is 2.05 bits per heavy atom. The molecule has 0 aromatic heterocycles. The number of halogens is 1. The average Bonchev–Trinajstić information content (AvgIpc) is 2.48. The van der Waals surface area contributed by atoms with E-state index in [9.17, 15) is 4.39 Å². The quantitative estimate of drug-likeness (QED) is 0.861. The van der Waals surface area contributed by atoms with Gasteiger partial charge in [-0.1, -0.05) is 37.2 Å². The Hall–Kier alpha value is -1.37. The summed E-state index contributed by atoms with van der Waals surface area (Å²) in [6, 6.07) is 5.07. The van der Waals surface area contributed by atoms with Crippen LogP contribution >= 0.6 is 0 Å². The van der Waals surface area contributed by atoms with Gasteiger partial charge in [0.25, 0.3) is 0 Å². The lowest BCUT2D eigenvalue weighted by atomic mass is 9.89. The zero-order valence-corrected chi connectivity index (χ0v) is 12.7. The molecule has 0 heterocycles. The van der Waals surface area contributed by atoms with Crippen molar-refractivity contribution >= 4 is 0 Å². The normalized spacial score (nSPS) is 15.8. The van der Waals surface area contributed by atoms with E-state index in [0.29, 0.717) is 5.56 Å². The molecule has 0 radical (unpaired) electrons. The van der Waals surface area contributed by atoms with Gasteiger partial charge in [0.15, 0.2) is 0 Å². The smallest absolute Gasteiger partial charge is 0.138 e. The zero-order valence-electron chi connectivity index (χ0n) is 12.7. The third-order valence-corrected chi connectivity index (χ3v) is 4.08. The summed E-state index contributed by atoms with van der Waals surface area (Å²) >= 11 is 0. The first kappa shape index (κ1) is 16.0. The van der Waals surface area contributed by atoms with Crippen LogP contribution in [0.15, 0.2) is 18.2 Å². The van der Waals surface area contributed by atoms with E-state index < -0.39 is 0 Å². The molecule has 0 bridgehead atoms. The van der Waals surface area contributed by atoms with Gasteiger partial charge >= 0.3 is 0 Å². The summed E-state index contributed by atoms with van der Waals surface area (Å²) in [7, 11) is 2.12. The van der Waals surface area contributed by atoms with Gasteiger partial charge in [-0.2, -0.15) is 0 Å². The standard InChI is InChI=1S/C18H24FNO/c1-20(13-15-6-3-2-4-7-15)14-16-9-10-18(19)17(12-16)8-5-11-21/h9-10,12,15,21H,2-4,6-7,11,13-14H2,1H3.